The van der Waals surface area contributed by atoms with Crippen molar-refractivity contribution in [2.45, 2.75) is 0 Å². The third-order valence-electron chi connectivity index (χ3n) is 13.3. The number of anilines is 2. The van der Waals surface area contributed by atoms with Crippen LogP contribution < -0.4 is 39.9 Å². The molecule has 0 aliphatic heterocycles. The molecule has 0 saturated heterocycles. The molecule has 508 valence electrons. The topological polar surface area (TPSA) is 464 Å². The van der Waals surface area contributed by atoms with Gasteiger partial charge in [0.05, 0.1) is 133 Å². The van der Waals surface area contributed by atoms with Crippen molar-refractivity contribution in [2.24, 2.45) is 42.3 Å². The summed E-state index contributed by atoms with van der Waals surface area (Å²) in [6.07, 6.45) is 9.89. The molecule has 0 amide bonds. The molecule has 0 spiro atoms. The van der Waals surface area contributed by atoms with E-state index in [1.807, 2.05) is 37.5 Å². The van der Waals surface area contributed by atoms with Crippen molar-refractivity contribution < 1.29 is 48.1 Å². The number of nitrogens with zero attached hydrogens (tertiary/aromatic N) is 22. The first-order valence-electron chi connectivity index (χ1n) is 28.3. The van der Waals surface area contributed by atoms with Crippen molar-refractivity contribution >= 4 is 34.1 Å². The van der Waals surface area contributed by atoms with Crippen LogP contribution in [0.1, 0.15) is 0 Å². The molecule has 0 bridgehead atoms. The van der Waals surface area contributed by atoms with Crippen LogP contribution in [0.3, 0.4) is 0 Å². The molecule has 0 atom stereocenters. The second-order valence-electron chi connectivity index (χ2n) is 19.8. The fourth-order valence-corrected chi connectivity index (χ4v) is 9.13. The van der Waals surface area contributed by atoms with Gasteiger partial charge in [0.25, 0.3) is 0 Å². The van der Waals surface area contributed by atoms with Gasteiger partial charge in [-0.3, -0.25) is 54.5 Å². The van der Waals surface area contributed by atoms with Gasteiger partial charge >= 0.3 is 22.7 Å². The van der Waals surface area contributed by atoms with Gasteiger partial charge in [-0.1, -0.05) is 52.0 Å². The second kappa shape index (κ2) is 33.1. The number of hydrogen-bond donors (Lipinski definition) is 2. The first-order valence-corrected chi connectivity index (χ1v) is 28.3. The highest BCUT2D eigenvalue weighted by Gasteiger charge is 2.25. The number of nitrogens with two attached hydrogens (primary N) is 2. The third kappa shape index (κ3) is 17.4. The van der Waals surface area contributed by atoms with Gasteiger partial charge in [-0.25, -0.2) is 0 Å². The molecule has 0 saturated carbocycles. The van der Waals surface area contributed by atoms with Crippen LogP contribution in [0.15, 0.2) is 146 Å². The predicted molar refractivity (Wildman–Crippen MR) is 353 cm³/mol. The van der Waals surface area contributed by atoms with Crippen LogP contribution in [0.5, 0.6) is 34.5 Å². The second-order valence-corrected chi connectivity index (χ2v) is 19.8. The minimum Gasteiger partial charge on any atom is -0.494 e. The molecule has 12 aromatic rings. The number of nitro groups is 4. The van der Waals surface area contributed by atoms with E-state index in [0.29, 0.717) is 67.9 Å². The van der Waals surface area contributed by atoms with Crippen LogP contribution in [0.2, 0.25) is 0 Å². The zero-order valence-electron chi connectivity index (χ0n) is 54.6. The quantitative estimate of drug-likeness (QED) is 0.0530. The summed E-state index contributed by atoms with van der Waals surface area (Å²) in [5.41, 5.74) is 20.0. The van der Waals surface area contributed by atoms with Crippen LogP contribution in [0.4, 0.5) is 34.1 Å². The van der Waals surface area contributed by atoms with Crippen LogP contribution >= 0.6 is 0 Å². The van der Waals surface area contributed by atoms with Crippen LogP contribution in [0, 0.1) is 40.5 Å². The number of para-hydroxylation sites is 6. The molecule has 38 nitrogen and oxygen atoms in total. The van der Waals surface area contributed by atoms with Gasteiger partial charge in [0, 0.05) is 77.7 Å². The van der Waals surface area contributed by atoms with Gasteiger partial charge in [-0.15, -0.1) is 15.3 Å². The molecule has 6 aromatic carbocycles. The Kier molecular flexibility index (Phi) is 24.2. The molecule has 0 radical (unpaired) electrons. The zero-order valence-corrected chi connectivity index (χ0v) is 54.6. The first kappa shape index (κ1) is 71.6. The lowest BCUT2D eigenvalue weighted by Crippen LogP contribution is -1.96. The fourth-order valence-electron chi connectivity index (χ4n) is 9.13. The van der Waals surface area contributed by atoms with Gasteiger partial charge in [0.2, 0.25) is 23.0 Å². The molecule has 0 aliphatic carbocycles. The maximum atomic E-state index is 10.9. The minimum absolute atomic E-state index is 0.0874. The Morgan fingerprint density at radius 3 is 0.735 bits per heavy atom. The lowest BCUT2D eigenvalue weighted by molar-refractivity contribution is -0.385. The highest BCUT2D eigenvalue weighted by molar-refractivity contribution is 5.77. The lowest BCUT2D eigenvalue weighted by atomic mass is 10.1. The van der Waals surface area contributed by atoms with Gasteiger partial charge in [0.1, 0.15) is 34.2 Å². The van der Waals surface area contributed by atoms with Gasteiger partial charge in [-0.05, 0) is 48.5 Å². The molecular weight excluding hydrogens is 1280 g/mol. The number of aromatic nitrogens is 18. The molecule has 0 unspecified atom stereocenters. The molecule has 0 fully saturated rings. The highest BCUT2D eigenvalue weighted by atomic mass is 16.6. The zero-order chi connectivity index (χ0) is 71.3. The molecular formula is C60H64N24O14. The van der Waals surface area contributed by atoms with Crippen LogP contribution in [0.25, 0.3) is 67.5 Å². The van der Waals surface area contributed by atoms with Gasteiger partial charge in [-0.2, -0.15) is 45.0 Å². The molecule has 12 rings (SSSR count). The van der Waals surface area contributed by atoms with Crippen molar-refractivity contribution in [1.82, 2.24) is 90.0 Å². The largest absolute Gasteiger partial charge is 0.494 e. The van der Waals surface area contributed by atoms with E-state index in [1.165, 1.54) is 88.9 Å². The normalized spacial score (nSPS) is 10.2. The standard InChI is InChI=1S/4C10H10N4O3.2C10H12N4O/c2*1-13-6-8(11-12-13)7-4-3-5-9(14(15)16)10(7)17-2;2*1-13-11-6-8(12-13)7-4-3-5-9(14(15)16)10(7)17-2;1-14-6-9(12-13-14)7-4-3-5-8(11)10(7)15-2;1-14-12-6-9(13-14)7-4-3-5-8(11)10(7)15-2/h4*3-6H,1-2H3;2*3-6H,11H2,1-2H3. The average molecular weight is 1350 g/mol. The van der Waals surface area contributed by atoms with Crippen molar-refractivity contribution in [3.63, 3.8) is 0 Å². The van der Waals surface area contributed by atoms with E-state index in [9.17, 15) is 40.5 Å². The van der Waals surface area contributed by atoms with Crippen molar-refractivity contribution in [1.29, 1.82) is 0 Å². The van der Waals surface area contributed by atoms with Crippen LogP contribution in [-0.2, 0) is 42.3 Å². The van der Waals surface area contributed by atoms with Crippen LogP contribution in [-0.4, -0.2) is 152 Å². The Labute approximate surface area is 555 Å². The summed E-state index contributed by atoms with van der Waals surface area (Å²) in [4.78, 5) is 45.7. The van der Waals surface area contributed by atoms with Gasteiger partial charge < -0.3 is 39.9 Å². The number of nitrogen functional groups attached to an aromatic ring is 2. The Hall–Kier alpha value is -13.8. The Morgan fingerprint density at radius 1 is 0.327 bits per heavy atom. The Morgan fingerprint density at radius 2 is 0.541 bits per heavy atom. The summed E-state index contributed by atoms with van der Waals surface area (Å²) < 4.78 is 35.5. The van der Waals surface area contributed by atoms with E-state index in [-0.39, 0.29) is 45.7 Å². The van der Waals surface area contributed by atoms with E-state index in [2.05, 4.69) is 61.5 Å². The number of methoxy groups -OCH3 is 6. The minimum atomic E-state index is -0.487. The Bertz CT molecular complexity index is 4230. The van der Waals surface area contributed by atoms with E-state index >= 15 is 0 Å². The molecule has 6 heterocycles. The third-order valence-corrected chi connectivity index (χ3v) is 13.3. The van der Waals surface area contributed by atoms with Crippen molar-refractivity contribution in [2.75, 3.05) is 54.1 Å². The summed E-state index contributed by atoms with van der Waals surface area (Å²) in [6.45, 7) is 0. The van der Waals surface area contributed by atoms with Gasteiger partial charge in [0.15, 0.2) is 11.5 Å². The number of ether oxygens (including phenoxy) is 6. The maximum absolute atomic E-state index is 10.9. The SMILES string of the molecule is COc1c(-c2cn(C)nn2)cccc1[N+](=O)[O-].COc1c(-c2cn(C)nn2)cccc1[N+](=O)[O-].COc1c(-c2cnn(C)n2)cccc1[N+](=O)[O-].COc1c(-c2cnn(C)n2)cccc1[N+](=O)[O-].COc1c(N)cccc1-c1cn(C)nn1.COc1c(N)cccc1-c1cnn(C)n1. The summed E-state index contributed by atoms with van der Waals surface area (Å²) in [7, 11) is 19.1. The van der Waals surface area contributed by atoms with Crippen molar-refractivity contribution in [3.05, 3.63) is 187 Å². The molecule has 4 N–H and O–H groups in total. The number of hydrogen-bond acceptors (Lipinski definition) is 28. The van der Waals surface area contributed by atoms with E-state index in [4.69, 9.17) is 39.9 Å². The molecule has 98 heavy (non-hydrogen) atoms. The highest BCUT2D eigenvalue weighted by Crippen LogP contribution is 2.41. The number of benzene rings is 6. The summed E-state index contributed by atoms with van der Waals surface area (Å²) in [5, 5.41) is 90.9. The summed E-state index contributed by atoms with van der Waals surface area (Å²) in [5.74, 6) is 2.04. The van der Waals surface area contributed by atoms with E-state index < -0.39 is 19.7 Å². The number of rotatable bonds is 16. The maximum Gasteiger partial charge on any atom is 0.311 e. The molecule has 38 heteroatoms. The van der Waals surface area contributed by atoms with Crippen molar-refractivity contribution in [3.8, 4) is 102 Å². The monoisotopic (exact) mass is 1340 g/mol. The van der Waals surface area contributed by atoms with E-state index in [1.54, 1.807) is 133 Å². The summed E-state index contributed by atoms with van der Waals surface area (Å²) >= 11 is 0. The first-order chi connectivity index (χ1) is 47.0. The fraction of sp³-hybridized carbons (Fsp3) is 0.200. The molecule has 0 aliphatic rings. The predicted octanol–water partition coefficient (Wildman–Crippen LogP) is 7.74. The van der Waals surface area contributed by atoms with E-state index in [0.717, 1.165) is 22.5 Å². The number of aryl methyl sites for hydroxylation is 6. The molecule has 6 aromatic heterocycles. The average Bonchev–Trinajstić information content (AvgIpc) is 1.71. The smallest absolute Gasteiger partial charge is 0.311 e. The lowest BCUT2D eigenvalue weighted by Gasteiger charge is -2.08. The summed E-state index contributed by atoms with van der Waals surface area (Å²) in [6, 6.07) is 29.8. The Balaban J connectivity index is 0.000000166. The number of nitro benzene ring substituents is 4.